The Hall–Kier alpha value is -3.38. The summed E-state index contributed by atoms with van der Waals surface area (Å²) < 4.78 is 54.1. The SMILES string of the molecule is C=CC(=O)N1CCC(N2CC(c3cc4c(c(C(F)(F)F)c3)OCc3c(ncnc3N3CCOCC3)N4)C2)CC1. The maximum Gasteiger partial charge on any atom is 0.420 e. The number of nitrogens with zero attached hydrogens (tertiary/aromatic N) is 5. The van der Waals surface area contributed by atoms with Gasteiger partial charge < -0.3 is 24.6 Å². The lowest BCUT2D eigenvalue weighted by molar-refractivity contribution is -0.139. The van der Waals surface area contributed by atoms with E-state index >= 15 is 0 Å². The maximum absolute atomic E-state index is 14.3. The number of likely N-dealkylation sites (tertiary alicyclic amines) is 2. The molecule has 0 bridgehead atoms. The van der Waals surface area contributed by atoms with Crippen molar-refractivity contribution in [3.05, 3.63) is 47.8 Å². The summed E-state index contributed by atoms with van der Waals surface area (Å²) in [7, 11) is 0. The maximum atomic E-state index is 14.3. The number of rotatable bonds is 4. The van der Waals surface area contributed by atoms with Gasteiger partial charge in [0, 0.05) is 51.2 Å². The summed E-state index contributed by atoms with van der Waals surface area (Å²) in [6, 6.07) is 3.32. The second-order valence-corrected chi connectivity index (χ2v) is 10.4. The monoisotopic (exact) mass is 544 g/mol. The molecular formula is C27H31F3N6O3. The highest BCUT2D eigenvalue weighted by atomic mass is 19.4. The van der Waals surface area contributed by atoms with E-state index in [0.29, 0.717) is 81.3 Å². The number of carbonyl (C=O) groups excluding carboxylic acids is 1. The first kappa shape index (κ1) is 25.9. The molecule has 0 aliphatic carbocycles. The molecule has 3 fully saturated rings. The van der Waals surface area contributed by atoms with E-state index in [4.69, 9.17) is 9.47 Å². The van der Waals surface area contributed by atoms with Crippen LogP contribution in [0.5, 0.6) is 5.75 Å². The molecule has 2 aromatic rings. The predicted octanol–water partition coefficient (Wildman–Crippen LogP) is 3.54. The largest absolute Gasteiger partial charge is 0.486 e. The van der Waals surface area contributed by atoms with Gasteiger partial charge in [0.25, 0.3) is 0 Å². The minimum absolute atomic E-state index is 0.0249. The third-order valence-corrected chi connectivity index (χ3v) is 8.11. The molecule has 4 aliphatic rings. The average molecular weight is 545 g/mol. The molecule has 1 N–H and O–H groups in total. The standard InChI is InChI=1S/C27H31F3N6O3/c1-2-23(37)34-5-3-19(4-6-34)36-13-18(14-36)17-11-21(27(28,29)30)24-22(12-17)33-25-20(15-39-24)26(32-16-31-25)35-7-9-38-10-8-35/h2,11-12,16,18-19H,1,3-10,13-15H2,(H,31,32,33). The number of ether oxygens (including phenoxy) is 2. The van der Waals surface area contributed by atoms with Crippen LogP contribution in [0, 0.1) is 0 Å². The number of hydrogen-bond donors (Lipinski definition) is 1. The van der Waals surface area contributed by atoms with Gasteiger partial charge in [0.1, 0.15) is 24.6 Å². The van der Waals surface area contributed by atoms with Crippen LogP contribution in [0.4, 0.5) is 30.5 Å². The van der Waals surface area contributed by atoms with Crippen LogP contribution >= 0.6 is 0 Å². The summed E-state index contributed by atoms with van der Waals surface area (Å²) in [6.07, 6.45) is -0.121. The van der Waals surface area contributed by atoms with Crippen LogP contribution < -0.4 is 15.0 Å². The lowest BCUT2D eigenvalue weighted by Crippen LogP contribution is -2.54. The number of anilines is 3. The number of alkyl halides is 3. The molecule has 0 spiro atoms. The first-order valence-corrected chi connectivity index (χ1v) is 13.3. The van der Waals surface area contributed by atoms with Crippen molar-refractivity contribution in [1.82, 2.24) is 19.8 Å². The molecular weight excluding hydrogens is 513 g/mol. The van der Waals surface area contributed by atoms with Gasteiger partial charge in [-0.15, -0.1) is 0 Å². The highest BCUT2D eigenvalue weighted by Crippen LogP contribution is 2.47. The molecule has 0 radical (unpaired) electrons. The molecule has 6 rings (SSSR count). The number of benzene rings is 1. The highest BCUT2D eigenvalue weighted by molar-refractivity contribution is 5.87. The third-order valence-electron chi connectivity index (χ3n) is 8.11. The zero-order valence-corrected chi connectivity index (χ0v) is 21.5. The van der Waals surface area contributed by atoms with E-state index in [0.717, 1.165) is 12.8 Å². The molecule has 0 unspecified atom stereocenters. The second kappa shape index (κ2) is 10.3. The Bertz CT molecular complexity index is 1250. The van der Waals surface area contributed by atoms with E-state index < -0.39 is 11.7 Å². The molecule has 12 heteroatoms. The van der Waals surface area contributed by atoms with Crippen molar-refractivity contribution < 1.29 is 27.4 Å². The number of morpholine rings is 1. The van der Waals surface area contributed by atoms with Crippen molar-refractivity contribution in [2.45, 2.75) is 37.6 Å². The van der Waals surface area contributed by atoms with Gasteiger partial charge >= 0.3 is 6.18 Å². The van der Waals surface area contributed by atoms with Crippen molar-refractivity contribution in [2.75, 3.05) is 62.7 Å². The summed E-state index contributed by atoms with van der Waals surface area (Å²) >= 11 is 0. The first-order valence-electron chi connectivity index (χ1n) is 13.3. The van der Waals surface area contributed by atoms with Crippen LogP contribution in [0.15, 0.2) is 31.1 Å². The van der Waals surface area contributed by atoms with Crippen molar-refractivity contribution in [2.24, 2.45) is 0 Å². The number of aromatic nitrogens is 2. The van der Waals surface area contributed by atoms with Crippen LogP contribution in [0.3, 0.4) is 0 Å². The number of carbonyl (C=O) groups is 1. The molecule has 3 saturated heterocycles. The van der Waals surface area contributed by atoms with Crippen molar-refractivity contribution in [3.63, 3.8) is 0 Å². The Balaban J connectivity index is 1.22. The van der Waals surface area contributed by atoms with Gasteiger partial charge in [-0.05, 0) is 36.6 Å². The minimum atomic E-state index is -4.58. The third kappa shape index (κ3) is 5.03. The number of hydrogen-bond acceptors (Lipinski definition) is 8. The van der Waals surface area contributed by atoms with Gasteiger partial charge in [0.2, 0.25) is 5.91 Å². The fourth-order valence-corrected chi connectivity index (χ4v) is 5.91. The Kier molecular flexibility index (Phi) is 6.84. The number of fused-ring (bicyclic) bond motifs is 2. The first-order chi connectivity index (χ1) is 18.8. The van der Waals surface area contributed by atoms with Gasteiger partial charge in [0.05, 0.1) is 30.0 Å². The van der Waals surface area contributed by atoms with Crippen LogP contribution in [0.2, 0.25) is 0 Å². The number of amides is 1. The topological polar surface area (TPSA) is 83.1 Å². The Morgan fingerprint density at radius 1 is 1.10 bits per heavy atom. The van der Waals surface area contributed by atoms with Crippen molar-refractivity contribution in [3.8, 4) is 5.75 Å². The molecule has 1 aromatic carbocycles. The van der Waals surface area contributed by atoms with Crippen LogP contribution in [-0.2, 0) is 22.3 Å². The average Bonchev–Trinajstić information content (AvgIpc) is 3.11. The molecule has 1 amide bonds. The molecule has 39 heavy (non-hydrogen) atoms. The van der Waals surface area contributed by atoms with E-state index in [1.807, 2.05) is 4.90 Å². The van der Waals surface area contributed by atoms with Gasteiger partial charge in [-0.1, -0.05) is 6.58 Å². The Labute approximate surface area is 224 Å². The van der Waals surface area contributed by atoms with Crippen LogP contribution in [0.25, 0.3) is 0 Å². The van der Waals surface area contributed by atoms with Gasteiger partial charge in [-0.25, -0.2) is 9.97 Å². The quantitative estimate of drug-likeness (QED) is 0.586. The van der Waals surface area contributed by atoms with Gasteiger partial charge in [0.15, 0.2) is 5.75 Å². The molecule has 0 saturated carbocycles. The molecule has 208 valence electrons. The van der Waals surface area contributed by atoms with E-state index in [1.165, 1.54) is 18.5 Å². The lowest BCUT2D eigenvalue weighted by atomic mass is 9.86. The van der Waals surface area contributed by atoms with E-state index in [2.05, 4.69) is 26.8 Å². The van der Waals surface area contributed by atoms with Crippen molar-refractivity contribution >= 4 is 23.2 Å². The Morgan fingerprint density at radius 3 is 2.54 bits per heavy atom. The fraction of sp³-hybridized carbons (Fsp3) is 0.519. The number of halogens is 3. The van der Waals surface area contributed by atoms with Crippen LogP contribution in [-0.4, -0.2) is 84.2 Å². The summed E-state index contributed by atoms with van der Waals surface area (Å²) in [4.78, 5) is 26.8. The summed E-state index contributed by atoms with van der Waals surface area (Å²) in [5.74, 6) is 0.799. The summed E-state index contributed by atoms with van der Waals surface area (Å²) in [6.45, 7) is 8.55. The van der Waals surface area contributed by atoms with Gasteiger partial charge in [-0.3, -0.25) is 9.69 Å². The fourth-order valence-electron chi connectivity index (χ4n) is 5.91. The van der Waals surface area contributed by atoms with Crippen molar-refractivity contribution in [1.29, 1.82) is 0 Å². The zero-order valence-electron chi connectivity index (χ0n) is 21.5. The summed E-state index contributed by atoms with van der Waals surface area (Å²) in [5, 5.41) is 3.14. The smallest absolute Gasteiger partial charge is 0.420 e. The van der Waals surface area contributed by atoms with Gasteiger partial charge in [-0.2, -0.15) is 13.2 Å². The van der Waals surface area contributed by atoms with E-state index in [1.54, 1.807) is 11.0 Å². The zero-order chi connectivity index (χ0) is 27.1. The lowest BCUT2D eigenvalue weighted by Gasteiger charge is -2.47. The molecule has 0 atom stereocenters. The molecule has 5 heterocycles. The Morgan fingerprint density at radius 2 is 1.85 bits per heavy atom. The number of nitrogens with one attached hydrogen (secondary N) is 1. The van der Waals surface area contributed by atoms with E-state index in [9.17, 15) is 18.0 Å². The normalized spacial score (nSPS) is 20.7. The molecule has 4 aliphatic heterocycles. The minimum Gasteiger partial charge on any atom is -0.486 e. The molecule has 1 aromatic heterocycles. The van der Waals surface area contributed by atoms with Crippen LogP contribution in [0.1, 0.15) is 35.4 Å². The summed E-state index contributed by atoms with van der Waals surface area (Å²) in [5.41, 5.74) is 0.728. The van der Waals surface area contributed by atoms with E-state index in [-0.39, 0.29) is 29.9 Å². The predicted molar refractivity (Wildman–Crippen MR) is 138 cm³/mol. The second-order valence-electron chi connectivity index (χ2n) is 10.4. The number of piperidine rings is 1. The molecule has 9 nitrogen and oxygen atoms in total. The highest BCUT2D eigenvalue weighted by Gasteiger charge is 2.41.